The number of amides is 4. The van der Waals surface area contributed by atoms with E-state index in [-0.39, 0.29) is 17.8 Å². The zero-order chi connectivity index (χ0) is 20.0. The van der Waals surface area contributed by atoms with Gasteiger partial charge in [-0.1, -0.05) is 36.6 Å². The quantitative estimate of drug-likeness (QED) is 0.471. The van der Waals surface area contributed by atoms with Gasteiger partial charge in [-0.2, -0.15) is 11.8 Å². The summed E-state index contributed by atoms with van der Waals surface area (Å²) in [5.41, 5.74) is 0.537. The third kappa shape index (κ3) is 5.20. The number of thioether (sulfide) groups is 1. The highest BCUT2D eigenvalue weighted by Gasteiger charge is 2.51. The Hall–Kier alpha value is -1.73. The number of hydrogen-bond donors (Lipinski definition) is 2. The van der Waals surface area contributed by atoms with Crippen molar-refractivity contribution in [3.05, 3.63) is 34.9 Å². The van der Waals surface area contributed by atoms with Crippen molar-refractivity contribution in [2.45, 2.75) is 49.8 Å². The lowest BCUT2D eigenvalue weighted by molar-refractivity contribution is -0.131. The molecule has 0 atom stereocenters. The minimum absolute atomic E-state index is 0.0465. The molecule has 0 aromatic heterocycles. The fourth-order valence-corrected chi connectivity index (χ4v) is 4.66. The summed E-state index contributed by atoms with van der Waals surface area (Å²) in [5.74, 6) is 1.54. The molecule has 152 valence electrons. The molecule has 0 radical (unpaired) electrons. The molecular formula is C20H26ClN3O3S. The van der Waals surface area contributed by atoms with Crippen LogP contribution >= 0.6 is 23.4 Å². The molecule has 4 amide bonds. The van der Waals surface area contributed by atoms with Crippen molar-refractivity contribution in [2.75, 3.05) is 18.8 Å². The van der Waals surface area contributed by atoms with Crippen LogP contribution in [-0.2, 0) is 15.3 Å². The topological polar surface area (TPSA) is 78.5 Å². The summed E-state index contributed by atoms with van der Waals surface area (Å²) in [7, 11) is 0. The molecule has 2 fully saturated rings. The Morgan fingerprint density at radius 2 is 1.93 bits per heavy atom. The minimum Gasteiger partial charge on any atom is -0.355 e. The number of nitrogens with one attached hydrogen (secondary N) is 2. The van der Waals surface area contributed by atoms with Gasteiger partial charge in [0.15, 0.2) is 0 Å². The maximum Gasteiger partial charge on any atom is 0.325 e. The molecule has 0 bridgehead atoms. The van der Waals surface area contributed by atoms with E-state index in [0.717, 1.165) is 42.2 Å². The second-order valence-corrected chi connectivity index (χ2v) is 8.85. The van der Waals surface area contributed by atoms with E-state index in [0.29, 0.717) is 25.9 Å². The fourth-order valence-electron chi connectivity index (χ4n) is 3.72. The third-order valence-corrected chi connectivity index (χ3v) is 6.52. The number of carbonyl (C=O) groups is 3. The van der Waals surface area contributed by atoms with E-state index in [1.54, 1.807) is 11.8 Å². The highest BCUT2D eigenvalue weighted by molar-refractivity contribution is 7.98. The summed E-state index contributed by atoms with van der Waals surface area (Å²) in [6, 6.07) is 7.43. The smallest absolute Gasteiger partial charge is 0.325 e. The minimum atomic E-state index is -0.666. The van der Waals surface area contributed by atoms with E-state index in [1.165, 1.54) is 10.5 Å². The van der Waals surface area contributed by atoms with Crippen LogP contribution in [0.3, 0.4) is 0 Å². The maximum absolute atomic E-state index is 12.5. The van der Waals surface area contributed by atoms with Crippen molar-refractivity contribution in [3.8, 4) is 0 Å². The first-order valence-electron chi connectivity index (χ1n) is 9.73. The van der Waals surface area contributed by atoms with Gasteiger partial charge in [0, 0.05) is 36.0 Å². The lowest BCUT2D eigenvalue weighted by atomic mass is 9.98. The highest BCUT2D eigenvalue weighted by atomic mass is 35.5. The summed E-state index contributed by atoms with van der Waals surface area (Å²) in [4.78, 5) is 37.9. The van der Waals surface area contributed by atoms with Crippen LogP contribution in [0.4, 0.5) is 4.79 Å². The Bertz CT molecular complexity index is 720. The number of carbonyl (C=O) groups excluding carboxylic acids is 3. The molecule has 1 aromatic carbocycles. The maximum atomic E-state index is 12.5. The van der Waals surface area contributed by atoms with E-state index < -0.39 is 5.54 Å². The first kappa shape index (κ1) is 21.0. The zero-order valence-corrected chi connectivity index (χ0v) is 17.4. The molecule has 2 N–H and O–H groups in total. The Kier molecular flexibility index (Phi) is 7.24. The summed E-state index contributed by atoms with van der Waals surface area (Å²) in [6.07, 6.45) is 4.19. The number of halogens is 1. The first-order chi connectivity index (χ1) is 13.5. The molecule has 28 heavy (non-hydrogen) atoms. The largest absolute Gasteiger partial charge is 0.355 e. The summed E-state index contributed by atoms with van der Waals surface area (Å²) in [5, 5.41) is 6.48. The second kappa shape index (κ2) is 9.65. The average molecular weight is 424 g/mol. The SMILES string of the molecule is O=C(CCCN1C(=O)NC2(CCCC2)C1=O)NCCSCc1ccc(Cl)cc1. The van der Waals surface area contributed by atoms with Gasteiger partial charge in [-0.25, -0.2) is 4.79 Å². The van der Waals surface area contributed by atoms with Crippen LogP contribution in [-0.4, -0.2) is 47.1 Å². The Labute approximate surface area is 174 Å². The van der Waals surface area contributed by atoms with Gasteiger partial charge in [0.1, 0.15) is 5.54 Å². The van der Waals surface area contributed by atoms with Gasteiger partial charge >= 0.3 is 6.03 Å². The Balaban J connectivity index is 1.28. The van der Waals surface area contributed by atoms with Crippen LogP contribution in [0.5, 0.6) is 0 Å². The van der Waals surface area contributed by atoms with E-state index in [9.17, 15) is 14.4 Å². The fraction of sp³-hybridized carbons (Fsp3) is 0.550. The van der Waals surface area contributed by atoms with Gasteiger partial charge in [-0.15, -0.1) is 0 Å². The third-order valence-electron chi connectivity index (χ3n) is 5.24. The lowest BCUT2D eigenvalue weighted by Crippen LogP contribution is -2.44. The number of hydrogen-bond acceptors (Lipinski definition) is 4. The second-order valence-electron chi connectivity index (χ2n) is 7.31. The van der Waals surface area contributed by atoms with Crippen molar-refractivity contribution >= 4 is 41.2 Å². The van der Waals surface area contributed by atoms with Crippen molar-refractivity contribution < 1.29 is 14.4 Å². The van der Waals surface area contributed by atoms with Crippen molar-refractivity contribution in [1.29, 1.82) is 0 Å². The molecule has 1 saturated heterocycles. The van der Waals surface area contributed by atoms with Crippen LogP contribution in [0, 0.1) is 0 Å². The van der Waals surface area contributed by atoms with Crippen LogP contribution < -0.4 is 10.6 Å². The summed E-state index contributed by atoms with van der Waals surface area (Å²) >= 11 is 7.61. The summed E-state index contributed by atoms with van der Waals surface area (Å²) < 4.78 is 0. The Morgan fingerprint density at radius 1 is 1.21 bits per heavy atom. The molecule has 1 saturated carbocycles. The number of nitrogens with zero attached hydrogens (tertiary/aromatic N) is 1. The van der Waals surface area contributed by atoms with Gasteiger partial charge in [-0.05, 0) is 37.0 Å². The van der Waals surface area contributed by atoms with Gasteiger partial charge < -0.3 is 10.6 Å². The monoisotopic (exact) mass is 423 g/mol. The predicted molar refractivity (Wildman–Crippen MR) is 111 cm³/mol. The van der Waals surface area contributed by atoms with Gasteiger partial charge in [0.05, 0.1) is 0 Å². The molecular weight excluding hydrogens is 398 g/mol. The van der Waals surface area contributed by atoms with Crippen LogP contribution in [0.1, 0.15) is 44.1 Å². The van der Waals surface area contributed by atoms with E-state index >= 15 is 0 Å². The van der Waals surface area contributed by atoms with E-state index in [4.69, 9.17) is 11.6 Å². The number of imide groups is 1. The standard InChI is InChI=1S/C20H26ClN3O3S/c21-16-7-5-15(6-8-16)14-28-13-11-22-17(25)4-3-12-24-18(26)20(23-19(24)27)9-1-2-10-20/h5-8H,1-4,9-14H2,(H,22,25)(H,23,27). The van der Waals surface area contributed by atoms with Gasteiger partial charge in [0.2, 0.25) is 5.91 Å². The normalized spacial score (nSPS) is 18.0. The molecule has 1 spiro atoms. The molecule has 1 heterocycles. The van der Waals surface area contributed by atoms with Crippen LogP contribution in [0.2, 0.25) is 5.02 Å². The van der Waals surface area contributed by atoms with Crippen molar-refractivity contribution in [3.63, 3.8) is 0 Å². The van der Waals surface area contributed by atoms with E-state index in [1.807, 2.05) is 24.3 Å². The van der Waals surface area contributed by atoms with Crippen LogP contribution in [0.15, 0.2) is 24.3 Å². The van der Waals surface area contributed by atoms with Gasteiger partial charge in [0.25, 0.3) is 5.91 Å². The molecule has 2 aliphatic rings. The lowest BCUT2D eigenvalue weighted by Gasteiger charge is -2.19. The molecule has 3 rings (SSSR count). The number of rotatable bonds is 9. The number of urea groups is 1. The Morgan fingerprint density at radius 3 is 2.64 bits per heavy atom. The average Bonchev–Trinajstić information content (AvgIpc) is 3.23. The molecule has 0 unspecified atom stereocenters. The van der Waals surface area contributed by atoms with Crippen LogP contribution in [0.25, 0.3) is 0 Å². The first-order valence-corrected chi connectivity index (χ1v) is 11.3. The van der Waals surface area contributed by atoms with Crippen molar-refractivity contribution in [1.82, 2.24) is 15.5 Å². The van der Waals surface area contributed by atoms with Gasteiger partial charge in [-0.3, -0.25) is 14.5 Å². The molecule has 8 heteroatoms. The summed E-state index contributed by atoms with van der Waals surface area (Å²) in [6.45, 7) is 0.897. The van der Waals surface area contributed by atoms with Crippen molar-refractivity contribution in [2.24, 2.45) is 0 Å². The molecule has 1 aliphatic carbocycles. The van der Waals surface area contributed by atoms with E-state index in [2.05, 4.69) is 10.6 Å². The molecule has 1 aromatic rings. The predicted octanol–water partition coefficient (Wildman–Crippen LogP) is 3.33. The number of benzene rings is 1. The highest BCUT2D eigenvalue weighted by Crippen LogP contribution is 2.35. The molecule has 6 nitrogen and oxygen atoms in total. The molecule has 1 aliphatic heterocycles. The zero-order valence-electron chi connectivity index (χ0n) is 15.8.